The fraction of sp³-hybridized carbons (Fsp3) is 0.0909. The van der Waals surface area contributed by atoms with E-state index < -0.39 is 0 Å². The number of hydrogen-bond donors (Lipinski definition) is 1. The Hall–Kier alpha value is -1.06. The van der Waals surface area contributed by atoms with Crippen LogP contribution in [-0.2, 0) is 0 Å². The maximum absolute atomic E-state index is 5.79. The average molecular weight is 237 g/mol. The van der Waals surface area contributed by atoms with Gasteiger partial charge in [-0.25, -0.2) is 9.97 Å². The van der Waals surface area contributed by atoms with E-state index in [-0.39, 0.29) is 5.25 Å². The first-order valence-electron chi connectivity index (χ1n) is 4.49. The highest BCUT2D eigenvalue weighted by Crippen LogP contribution is 2.25. The lowest BCUT2D eigenvalue weighted by Crippen LogP contribution is -1.99. The Balaban J connectivity index is 2.32. The van der Waals surface area contributed by atoms with Gasteiger partial charge in [0.25, 0.3) is 0 Å². The topological polar surface area (TPSA) is 25.8 Å². The second-order valence-corrected chi connectivity index (χ2v) is 3.95. The number of hydrogen-bond acceptors (Lipinski definition) is 3. The first-order valence-corrected chi connectivity index (χ1v) is 5.38. The minimum absolute atomic E-state index is 0.134. The van der Waals surface area contributed by atoms with E-state index in [1.165, 1.54) is 0 Å². The van der Waals surface area contributed by atoms with Crippen molar-refractivity contribution in [2.24, 2.45) is 0 Å². The molecule has 0 bridgehead atoms. The fourth-order valence-electron chi connectivity index (χ4n) is 1.27. The van der Waals surface area contributed by atoms with Gasteiger partial charge in [-0.2, -0.15) is 12.6 Å². The first kappa shape index (κ1) is 10.5. The summed E-state index contributed by atoms with van der Waals surface area (Å²) in [6.45, 7) is 0. The Morgan fingerprint density at radius 1 is 1.13 bits per heavy atom. The van der Waals surface area contributed by atoms with Gasteiger partial charge in [0, 0.05) is 6.20 Å². The monoisotopic (exact) mass is 236 g/mol. The van der Waals surface area contributed by atoms with E-state index in [9.17, 15) is 0 Å². The number of aromatic nitrogens is 2. The zero-order valence-corrected chi connectivity index (χ0v) is 9.49. The van der Waals surface area contributed by atoms with Crippen LogP contribution in [0.2, 0.25) is 5.15 Å². The lowest BCUT2D eigenvalue weighted by molar-refractivity contribution is 0.955. The van der Waals surface area contributed by atoms with E-state index in [0.717, 1.165) is 5.56 Å². The zero-order chi connectivity index (χ0) is 10.7. The third kappa shape index (κ3) is 2.49. The predicted octanol–water partition coefficient (Wildman–Crippen LogP) is 3.15. The summed E-state index contributed by atoms with van der Waals surface area (Å²) in [5.41, 5.74) is 1.06. The van der Waals surface area contributed by atoms with Crippen molar-refractivity contribution in [2.75, 3.05) is 0 Å². The maximum atomic E-state index is 5.79. The summed E-state index contributed by atoms with van der Waals surface area (Å²) in [5.74, 6) is 0.622. The summed E-state index contributed by atoms with van der Waals surface area (Å²) in [7, 11) is 0. The number of nitrogens with zero attached hydrogens (tertiary/aromatic N) is 2. The van der Waals surface area contributed by atoms with Crippen molar-refractivity contribution >= 4 is 24.2 Å². The van der Waals surface area contributed by atoms with Crippen LogP contribution in [0, 0.1) is 0 Å². The lowest BCUT2D eigenvalue weighted by Gasteiger charge is -2.08. The van der Waals surface area contributed by atoms with Crippen LogP contribution in [0.3, 0.4) is 0 Å². The van der Waals surface area contributed by atoms with Crippen LogP contribution < -0.4 is 0 Å². The molecule has 1 heterocycles. The minimum atomic E-state index is -0.134. The van der Waals surface area contributed by atoms with Crippen LogP contribution in [0.5, 0.6) is 0 Å². The molecular formula is C11H9ClN2S. The van der Waals surface area contributed by atoms with E-state index in [1.54, 1.807) is 12.3 Å². The Bertz CT molecular complexity index is 447. The molecule has 0 amide bonds. The smallest absolute Gasteiger partial charge is 0.147 e. The third-order valence-corrected chi connectivity index (χ3v) is 2.74. The molecule has 1 aromatic carbocycles. The second kappa shape index (κ2) is 4.64. The predicted molar refractivity (Wildman–Crippen MR) is 64.3 cm³/mol. The molecule has 1 atom stereocenters. The molecule has 0 aliphatic heterocycles. The van der Waals surface area contributed by atoms with Crippen molar-refractivity contribution in [1.29, 1.82) is 0 Å². The molecule has 0 N–H and O–H groups in total. The largest absolute Gasteiger partial charge is 0.240 e. The first-order chi connectivity index (χ1) is 7.27. The minimum Gasteiger partial charge on any atom is -0.240 e. The van der Waals surface area contributed by atoms with Gasteiger partial charge in [0.05, 0.1) is 5.25 Å². The molecular weight excluding hydrogens is 228 g/mol. The van der Waals surface area contributed by atoms with Crippen molar-refractivity contribution in [3.05, 3.63) is 59.1 Å². The molecule has 4 heteroatoms. The van der Waals surface area contributed by atoms with E-state index in [4.69, 9.17) is 11.6 Å². The highest BCUT2D eigenvalue weighted by molar-refractivity contribution is 7.80. The zero-order valence-electron chi connectivity index (χ0n) is 7.84. The van der Waals surface area contributed by atoms with Gasteiger partial charge < -0.3 is 0 Å². The molecule has 0 spiro atoms. The summed E-state index contributed by atoms with van der Waals surface area (Å²) in [4.78, 5) is 8.27. The summed E-state index contributed by atoms with van der Waals surface area (Å²) >= 11 is 10.3. The number of halogens is 1. The molecule has 2 aromatic rings. The van der Waals surface area contributed by atoms with Crippen molar-refractivity contribution in [3.63, 3.8) is 0 Å². The van der Waals surface area contributed by atoms with Gasteiger partial charge >= 0.3 is 0 Å². The van der Waals surface area contributed by atoms with Gasteiger partial charge in [0.15, 0.2) is 0 Å². The van der Waals surface area contributed by atoms with Crippen LogP contribution in [0.1, 0.15) is 16.6 Å². The van der Waals surface area contributed by atoms with Crippen LogP contribution >= 0.6 is 24.2 Å². The second-order valence-electron chi connectivity index (χ2n) is 3.05. The normalized spacial score (nSPS) is 12.4. The van der Waals surface area contributed by atoms with Crippen molar-refractivity contribution in [3.8, 4) is 0 Å². The van der Waals surface area contributed by atoms with Crippen molar-refractivity contribution in [1.82, 2.24) is 9.97 Å². The summed E-state index contributed by atoms with van der Waals surface area (Å²) < 4.78 is 0. The van der Waals surface area contributed by atoms with Gasteiger partial charge in [0.1, 0.15) is 11.0 Å². The highest BCUT2D eigenvalue weighted by Gasteiger charge is 2.11. The van der Waals surface area contributed by atoms with Crippen molar-refractivity contribution in [2.45, 2.75) is 5.25 Å². The molecule has 1 aromatic heterocycles. The van der Waals surface area contributed by atoms with E-state index >= 15 is 0 Å². The Morgan fingerprint density at radius 3 is 2.53 bits per heavy atom. The molecule has 0 aliphatic carbocycles. The van der Waals surface area contributed by atoms with Crippen LogP contribution in [0.25, 0.3) is 0 Å². The molecule has 0 radical (unpaired) electrons. The van der Waals surface area contributed by atoms with Gasteiger partial charge in [-0.05, 0) is 11.6 Å². The van der Waals surface area contributed by atoms with Gasteiger partial charge in [-0.1, -0.05) is 41.9 Å². The van der Waals surface area contributed by atoms with Crippen LogP contribution in [0.15, 0.2) is 42.6 Å². The molecule has 0 saturated carbocycles. The van der Waals surface area contributed by atoms with Crippen LogP contribution in [0.4, 0.5) is 0 Å². The summed E-state index contributed by atoms with van der Waals surface area (Å²) in [5, 5.41) is 0.305. The Kier molecular flexibility index (Phi) is 3.23. The SMILES string of the molecule is SC(c1ccccc1)c1nccc(Cl)n1. The van der Waals surface area contributed by atoms with Gasteiger partial charge in [0.2, 0.25) is 0 Å². The van der Waals surface area contributed by atoms with Crippen molar-refractivity contribution < 1.29 is 0 Å². The quantitative estimate of drug-likeness (QED) is 0.640. The number of rotatable bonds is 2. The molecule has 0 saturated heterocycles. The van der Waals surface area contributed by atoms with Gasteiger partial charge in [-0.15, -0.1) is 0 Å². The molecule has 0 fully saturated rings. The Morgan fingerprint density at radius 2 is 1.87 bits per heavy atom. The van der Waals surface area contributed by atoms with E-state index in [0.29, 0.717) is 11.0 Å². The highest BCUT2D eigenvalue weighted by atomic mass is 35.5. The maximum Gasteiger partial charge on any atom is 0.147 e. The standard InChI is InChI=1S/C11H9ClN2S/c12-9-6-7-13-11(14-9)10(15)8-4-2-1-3-5-8/h1-7,10,15H. The fourth-order valence-corrected chi connectivity index (χ4v) is 1.71. The Labute approximate surface area is 98.8 Å². The molecule has 76 valence electrons. The van der Waals surface area contributed by atoms with Crippen LogP contribution in [-0.4, -0.2) is 9.97 Å². The number of thiol groups is 1. The summed E-state index contributed by atoms with van der Waals surface area (Å²) in [6.07, 6.45) is 1.64. The molecule has 1 unspecified atom stereocenters. The molecule has 2 nitrogen and oxygen atoms in total. The molecule has 15 heavy (non-hydrogen) atoms. The average Bonchev–Trinajstić information content (AvgIpc) is 2.29. The molecule has 0 aliphatic rings. The van der Waals surface area contributed by atoms with Gasteiger partial charge in [-0.3, -0.25) is 0 Å². The lowest BCUT2D eigenvalue weighted by atomic mass is 10.1. The number of benzene rings is 1. The third-order valence-electron chi connectivity index (χ3n) is 2.00. The molecule has 2 rings (SSSR count). The van der Waals surface area contributed by atoms with E-state index in [1.807, 2.05) is 30.3 Å². The summed E-state index contributed by atoms with van der Waals surface area (Å²) in [6, 6.07) is 11.5. The van der Waals surface area contributed by atoms with E-state index in [2.05, 4.69) is 22.6 Å².